The molecule has 0 aliphatic rings. The highest BCUT2D eigenvalue weighted by atomic mass is 15.0. The fourth-order valence-corrected chi connectivity index (χ4v) is 1.41. The molecule has 0 amide bonds. The Labute approximate surface area is 88.6 Å². The molecule has 0 atom stereocenters. The summed E-state index contributed by atoms with van der Waals surface area (Å²) in [7, 11) is 0. The molecule has 0 saturated carbocycles. The van der Waals surface area contributed by atoms with Crippen molar-refractivity contribution in [2.75, 3.05) is 5.73 Å². The van der Waals surface area contributed by atoms with Gasteiger partial charge < -0.3 is 10.7 Å². The lowest BCUT2D eigenvalue weighted by atomic mass is 10.1. The summed E-state index contributed by atoms with van der Waals surface area (Å²) in [6.45, 7) is 4.17. The van der Waals surface area contributed by atoms with Crippen molar-refractivity contribution in [3.05, 3.63) is 30.2 Å². The first-order valence-electron chi connectivity index (χ1n) is 4.94. The van der Waals surface area contributed by atoms with Gasteiger partial charge in [0.15, 0.2) is 0 Å². The van der Waals surface area contributed by atoms with Crippen molar-refractivity contribution >= 4 is 5.95 Å². The van der Waals surface area contributed by atoms with Crippen molar-refractivity contribution in [3.8, 4) is 11.3 Å². The van der Waals surface area contributed by atoms with Gasteiger partial charge in [-0.3, -0.25) is 0 Å². The third-order valence-corrected chi connectivity index (χ3v) is 2.25. The van der Waals surface area contributed by atoms with Crippen LogP contribution in [-0.2, 0) is 0 Å². The monoisotopic (exact) mass is 202 g/mol. The lowest BCUT2D eigenvalue weighted by Crippen LogP contribution is -2.01. The predicted octanol–water partition coefficient (Wildman–Crippen LogP) is 2.18. The van der Waals surface area contributed by atoms with Crippen LogP contribution in [0.2, 0.25) is 0 Å². The summed E-state index contributed by atoms with van der Waals surface area (Å²) in [5, 5.41) is 0. The lowest BCUT2D eigenvalue weighted by molar-refractivity contribution is 0.819. The van der Waals surface area contributed by atoms with E-state index >= 15 is 0 Å². The molecule has 0 bridgehead atoms. The molecular weight excluding hydrogens is 188 g/mol. The van der Waals surface area contributed by atoms with Gasteiger partial charge in [0.25, 0.3) is 0 Å². The van der Waals surface area contributed by atoms with Crippen LogP contribution >= 0.6 is 0 Å². The van der Waals surface area contributed by atoms with E-state index in [-0.39, 0.29) is 0 Å². The Balaban J connectivity index is 2.49. The van der Waals surface area contributed by atoms with Gasteiger partial charge in [-0.2, -0.15) is 0 Å². The third-order valence-electron chi connectivity index (χ3n) is 2.25. The first kappa shape index (κ1) is 9.71. The average Bonchev–Trinajstić information content (AvgIpc) is 2.69. The van der Waals surface area contributed by atoms with E-state index in [0.717, 1.165) is 17.0 Å². The molecule has 0 aromatic carbocycles. The number of H-pyrrole nitrogens is 1. The zero-order valence-corrected chi connectivity index (χ0v) is 8.86. The number of aromatic nitrogens is 3. The van der Waals surface area contributed by atoms with Gasteiger partial charge in [0.2, 0.25) is 5.95 Å². The van der Waals surface area contributed by atoms with Gasteiger partial charge in [-0.1, -0.05) is 13.8 Å². The summed E-state index contributed by atoms with van der Waals surface area (Å²) >= 11 is 0. The van der Waals surface area contributed by atoms with E-state index in [4.69, 9.17) is 5.73 Å². The number of rotatable bonds is 2. The second-order valence-electron chi connectivity index (χ2n) is 3.79. The summed E-state index contributed by atoms with van der Waals surface area (Å²) in [5.41, 5.74) is 8.54. The molecule has 0 spiro atoms. The van der Waals surface area contributed by atoms with Crippen LogP contribution in [0.3, 0.4) is 0 Å². The molecule has 3 N–H and O–H groups in total. The molecule has 78 valence electrons. The Bertz CT molecular complexity index is 446. The van der Waals surface area contributed by atoms with Crippen LogP contribution in [0.25, 0.3) is 11.3 Å². The van der Waals surface area contributed by atoms with Gasteiger partial charge in [0, 0.05) is 23.7 Å². The van der Waals surface area contributed by atoms with Crippen LogP contribution in [0, 0.1) is 0 Å². The van der Waals surface area contributed by atoms with E-state index in [2.05, 4.69) is 28.8 Å². The summed E-state index contributed by atoms with van der Waals surface area (Å²) < 4.78 is 0. The van der Waals surface area contributed by atoms with E-state index in [1.54, 1.807) is 0 Å². The zero-order chi connectivity index (χ0) is 10.8. The Hall–Kier alpha value is -1.84. The van der Waals surface area contributed by atoms with Crippen molar-refractivity contribution < 1.29 is 0 Å². The highest BCUT2D eigenvalue weighted by molar-refractivity contribution is 5.59. The Kier molecular flexibility index (Phi) is 2.41. The molecule has 0 radical (unpaired) electrons. The first-order valence-corrected chi connectivity index (χ1v) is 4.94. The molecule has 0 aliphatic carbocycles. The molecule has 4 heteroatoms. The van der Waals surface area contributed by atoms with E-state index in [1.165, 1.54) is 0 Å². The summed E-state index contributed by atoms with van der Waals surface area (Å²) in [4.78, 5) is 11.4. The lowest BCUT2D eigenvalue weighted by Gasteiger charge is -2.06. The first-order chi connectivity index (χ1) is 7.16. The van der Waals surface area contributed by atoms with Gasteiger partial charge in [-0.25, -0.2) is 9.97 Å². The van der Waals surface area contributed by atoms with Crippen molar-refractivity contribution in [3.63, 3.8) is 0 Å². The van der Waals surface area contributed by atoms with Gasteiger partial charge >= 0.3 is 0 Å². The number of nitrogens with one attached hydrogen (secondary N) is 1. The van der Waals surface area contributed by atoms with Crippen LogP contribution in [0.5, 0.6) is 0 Å². The largest absolute Gasteiger partial charge is 0.368 e. The van der Waals surface area contributed by atoms with Gasteiger partial charge in [-0.05, 0) is 18.1 Å². The number of nitrogens with two attached hydrogens (primary N) is 1. The van der Waals surface area contributed by atoms with E-state index < -0.39 is 0 Å². The second kappa shape index (κ2) is 3.73. The van der Waals surface area contributed by atoms with Crippen molar-refractivity contribution in [1.82, 2.24) is 15.0 Å². The minimum Gasteiger partial charge on any atom is -0.368 e. The van der Waals surface area contributed by atoms with Crippen molar-refractivity contribution in [2.45, 2.75) is 19.8 Å². The second-order valence-corrected chi connectivity index (χ2v) is 3.79. The number of hydrogen-bond acceptors (Lipinski definition) is 3. The van der Waals surface area contributed by atoms with Crippen LogP contribution in [-0.4, -0.2) is 15.0 Å². The summed E-state index contributed by atoms with van der Waals surface area (Å²) in [5.74, 6) is 0.686. The maximum atomic E-state index is 5.67. The molecule has 2 heterocycles. The van der Waals surface area contributed by atoms with E-state index in [9.17, 15) is 0 Å². The summed E-state index contributed by atoms with van der Waals surface area (Å²) in [6, 6.07) is 3.94. The number of nitrogens with zero attached hydrogens (tertiary/aromatic N) is 2. The average molecular weight is 202 g/mol. The standard InChI is InChI=1S/C11H14N4/c1-7(2)9-5-10(15-11(12)14-9)8-3-4-13-6-8/h3-7,13H,1-2H3,(H2,12,14,15). The molecule has 2 rings (SSSR count). The molecular formula is C11H14N4. The van der Waals surface area contributed by atoms with Crippen LogP contribution in [0.4, 0.5) is 5.95 Å². The number of nitrogen functional groups attached to an aromatic ring is 1. The summed E-state index contributed by atoms with van der Waals surface area (Å²) in [6.07, 6.45) is 3.76. The number of hydrogen-bond donors (Lipinski definition) is 2. The quantitative estimate of drug-likeness (QED) is 0.784. The SMILES string of the molecule is CC(C)c1cc(-c2cc[nH]c2)nc(N)n1. The third kappa shape index (κ3) is 1.98. The fourth-order valence-electron chi connectivity index (χ4n) is 1.41. The fraction of sp³-hybridized carbons (Fsp3) is 0.273. The minimum atomic E-state index is 0.331. The van der Waals surface area contributed by atoms with Crippen molar-refractivity contribution in [2.24, 2.45) is 0 Å². The van der Waals surface area contributed by atoms with Gasteiger partial charge in [0.05, 0.1) is 5.69 Å². The minimum absolute atomic E-state index is 0.331. The topological polar surface area (TPSA) is 67.6 Å². The van der Waals surface area contributed by atoms with Gasteiger partial charge in [0.1, 0.15) is 0 Å². The molecule has 0 aliphatic heterocycles. The highest BCUT2D eigenvalue weighted by Crippen LogP contribution is 2.21. The molecule has 4 nitrogen and oxygen atoms in total. The molecule has 2 aromatic rings. The normalized spacial score (nSPS) is 10.9. The highest BCUT2D eigenvalue weighted by Gasteiger charge is 2.07. The molecule has 0 saturated heterocycles. The van der Waals surface area contributed by atoms with Crippen LogP contribution in [0.15, 0.2) is 24.5 Å². The number of anilines is 1. The maximum absolute atomic E-state index is 5.67. The van der Waals surface area contributed by atoms with E-state index in [1.807, 2.05) is 24.5 Å². The maximum Gasteiger partial charge on any atom is 0.220 e. The van der Waals surface area contributed by atoms with Crippen LogP contribution < -0.4 is 5.73 Å². The van der Waals surface area contributed by atoms with Crippen LogP contribution in [0.1, 0.15) is 25.5 Å². The molecule has 0 fully saturated rings. The predicted molar refractivity (Wildman–Crippen MR) is 60.3 cm³/mol. The molecule has 0 unspecified atom stereocenters. The Morgan fingerprint density at radius 2 is 2.13 bits per heavy atom. The zero-order valence-electron chi connectivity index (χ0n) is 8.86. The smallest absolute Gasteiger partial charge is 0.220 e. The van der Waals surface area contributed by atoms with Gasteiger partial charge in [-0.15, -0.1) is 0 Å². The van der Waals surface area contributed by atoms with Crippen molar-refractivity contribution in [1.29, 1.82) is 0 Å². The molecule has 15 heavy (non-hydrogen) atoms. The Morgan fingerprint density at radius 1 is 1.33 bits per heavy atom. The Morgan fingerprint density at radius 3 is 2.73 bits per heavy atom. The number of aromatic amines is 1. The molecule has 2 aromatic heterocycles. The van der Waals surface area contributed by atoms with E-state index in [0.29, 0.717) is 11.9 Å².